The molecule has 3 nitrogen and oxygen atoms in total. The van der Waals surface area contributed by atoms with Crippen molar-refractivity contribution in [3.8, 4) is 0 Å². The van der Waals surface area contributed by atoms with E-state index < -0.39 is 0 Å². The molecule has 0 saturated heterocycles. The Morgan fingerprint density at radius 3 is 2.38 bits per heavy atom. The van der Waals surface area contributed by atoms with E-state index in [1.54, 1.807) is 0 Å². The monoisotopic (exact) mass is 251 g/mol. The minimum atomic E-state index is -0.173. The molecule has 0 aliphatic heterocycles. The number of carbonyl (C=O) groups is 1. The van der Waals surface area contributed by atoms with Crippen LogP contribution in [0, 0.1) is 5.92 Å². The van der Waals surface area contributed by atoms with Crippen LogP contribution < -0.4 is 5.32 Å². The maximum atomic E-state index is 11.4. The summed E-state index contributed by atoms with van der Waals surface area (Å²) in [6, 6.07) is -0.119. The van der Waals surface area contributed by atoms with Crippen LogP contribution in [0.1, 0.15) is 27.2 Å². The third-order valence-electron chi connectivity index (χ3n) is 1.90. The van der Waals surface area contributed by atoms with Gasteiger partial charge in [0.2, 0.25) is 5.91 Å². The van der Waals surface area contributed by atoms with Crippen LogP contribution in [0.3, 0.4) is 0 Å². The summed E-state index contributed by atoms with van der Waals surface area (Å²) in [5.41, 5.74) is 0. The first kappa shape index (κ1) is 12.9. The third-order valence-corrected chi connectivity index (χ3v) is 3.37. The third kappa shape index (κ3) is 4.62. The van der Waals surface area contributed by atoms with Gasteiger partial charge in [-0.05, 0) is 12.3 Å². The lowest BCUT2D eigenvalue weighted by atomic mass is 10.1. The summed E-state index contributed by atoms with van der Waals surface area (Å²) in [5.74, 6) is 0.215. The molecule has 0 radical (unpaired) electrons. The van der Waals surface area contributed by atoms with Crippen molar-refractivity contribution in [1.29, 1.82) is 0 Å². The van der Waals surface area contributed by atoms with E-state index in [2.05, 4.69) is 21.2 Å². The number of aliphatic hydroxyl groups is 1. The fraction of sp³-hybridized carbons (Fsp3) is 0.889. The lowest BCUT2D eigenvalue weighted by Gasteiger charge is -2.18. The smallest absolute Gasteiger partial charge is 0.234 e. The van der Waals surface area contributed by atoms with Gasteiger partial charge in [0.05, 0.1) is 17.5 Å². The van der Waals surface area contributed by atoms with E-state index in [4.69, 9.17) is 5.11 Å². The number of halogens is 1. The first-order valence-electron chi connectivity index (χ1n) is 4.58. The summed E-state index contributed by atoms with van der Waals surface area (Å²) >= 11 is 3.30. The Hall–Kier alpha value is -0.0900. The van der Waals surface area contributed by atoms with Gasteiger partial charge in [0.1, 0.15) is 0 Å². The van der Waals surface area contributed by atoms with Crippen molar-refractivity contribution in [3.05, 3.63) is 0 Å². The Morgan fingerprint density at radius 2 is 2.08 bits per heavy atom. The molecule has 78 valence electrons. The molecular formula is C9H18BrNO2. The van der Waals surface area contributed by atoms with E-state index >= 15 is 0 Å². The lowest BCUT2D eigenvalue weighted by molar-refractivity contribution is -0.122. The molecule has 2 atom stereocenters. The van der Waals surface area contributed by atoms with Crippen molar-refractivity contribution >= 4 is 21.8 Å². The zero-order chi connectivity index (χ0) is 10.4. The molecule has 13 heavy (non-hydrogen) atoms. The van der Waals surface area contributed by atoms with Crippen molar-refractivity contribution in [3.63, 3.8) is 0 Å². The maximum absolute atomic E-state index is 11.4. The van der Waals surface area contributed by atoms with Crippen LogP contribution in [0.4, 0.5) is 0 Å². The fourth-order valence-electron chi connectivity index (χ4n) is 0.860. The predicted molar refractivity (Wildman–Crippen MR) is 56.9 cm³/mol. The Bertz CT molecular complexity index is 158. The van der Waals surface area contributed by atoms with Gasteiger partial charge < -0.3 is 10.4 Å². The highest BCUT2D eigenvalue weighted by molar-refractivity contribution is 9.10. The van der Waals surface area contributed by atoms with E-state index in [0.717, 1.165) is 6.42 Å². The number of aliphatic hydroxyl groups excluding tert-OH is 1. The van der Waals surface area contributed by atoms with E-state index in [9.17, 15) is 4.79 Å². The van der Waals surface area contributed by atoms with Gasteiger partial charge in [0.25, 0.3) is 0 Å². The molecule has 0 heterocycles. The lowest BCUT2D eigenvalue weighted by Crippen LogP contribution is -2.42. The quantitative estimate of drug-likeness (QED) is 0.724. The average molecular weight is 252 g/mol. The number of hydrogen-bond donors (Lipinski definition) is 2. The zero-order valence-electron chi connectivity index (χ0n) is 8.38. The highest BCUT2D eigenvalue weighted by Gasteiger charge is 2.20. The van der Waals surface area contributed by atoms with Gasteiger partial charge in [-0.3, -0.25) is 4.79 Å². The second kappa shape index (κ2) is 6.38. The molecule has 0 aromatic carbocycles. The number of hydrogen-bond acceptors (Lipinski definition) is 2. The van der Waals surface area contributed by atoms with Gasteiger partial charge in [-0.2, -0.15) is 0 Å². The minimum absolute atomic E-state index is 0.0000548. The summed E-state index contributed by atoms with van der Waals surface area (Å²) in [4.78, 5) is 11.3. The van der Waals surface area contributed by atoms with Crippen LogP contribution in [-0.2, 0) is 4.79 Å². The Morgan fingerprint density at radius 1 is 1.54 bits per heavy atom. The Labute approximate surface area is 88.0 Å². The summed E-state index contributed by atoms with van der Waals surface area (Å²) < 4.78 is 0. The molecule has 0 aliphatic carbocycles. The van der Waals surface area contributed by atoms with Crippen molar-refractivity contribution in [1.82, 2.24) is 5.32 Å². The predicted octanol–water partition coefficient (Wildman–Crippen LogP) is 1.29. The maximum Gasteiger partial charge on any atom is 0.234 e. The summed E-state index contributed by atoms with van der Waals surface area (Å²) in [7, 11) is 0. The van der Waals surface area contributed by atoms with Crippen LogP contribution in [0.25, 0.3) is 0 Å². The summed E-state index contributed by atoms with van der Waals surface area (Å²) in [6.45, 7) is 5.87. The normalized spacial score (nSPS) is 15.5. The molecule has 0 fully saturated rings. The van der Waals surface area contributed by atoms with Gasteiger partial charge in [-0.1, -0.05) is 36.7 Å². The van der Waals surface area contributed by atoms with Crippen molar-refractivity contribution < 1.29 is 9.90 Å². The number of alkyl halides is 1. The SMILES string of the molecule is CC[C@H](CO)NC(=O)C(Br)C(C)C. The fourth-order valence-corrected chi connectivity index (χ4v) is 0.993. The topological polar surface area (TPSA) is 49.3 Å². The van der Waals surface area contributed by atoms with Crippen molar-refractivity contribution in [2.75, 3.05) is 6.61 Å². The van der Waals surface area contributed by atoms with E-state index in [-0.39, 0.29) is 29.3 Å². The van der Waals surface area contributed by atoms with E-state index in [0.29, 0.717) is 0 Å². The molecule has 4 heteroatoms. The standard InChI is InChI=1S/C9H18BrNO2/c1-4-7(5-12)11-9(13)8(10)6(2)3/h6-8,12H,4-5H2,1-3H3,(H,11,13)/t7-,8?/m1/s1. The van der Waals surface area contributed by atoms with Gasteiger partial charge >= 0.3 is 0 Å². The van der Waals surface area contributed by atoms with E-state index in [1.165, 1.54) is 0 Å². The molecule has 1 unspecified atom stereocenters. The molecule has 2 N–H and O–H groups in total. The molecule has 0 aliphatic rings. The number of amides is 1. The second-order valence-electron chi connectivity index (χ2n) is 3.44. The molecule has 0 aromatic heterocycles. The second-order valence-corrected chi connectivity index (χ2v) is 4.43. The van der Waals surface area contributed by atoms with Crippen LogP contribution in [0.5, 0.6) is 0 Å². The van der Waals surface area contributed by atoms with E-state index in [1.807, 2.05) is 20.8 Å². The Kier molecular flexibility index (Phi) is 6.33. The molecule has 0 bridgehead atoms. The number of carbonyl (C=O) groups excluding carboxylic acids is 1. The molecule has 1 amide bonds. The molecular weight excluding hydrogens is 234 g/mol. The molecule has 0 saturated carbocycles. The summed E-state index contributed by atoms with van der Waals surface area (Å²) in [6.07, 6.45) is 0.750. The zero-order valence-corrected chi connectivity index (χ0v) is 9.97. The summed E-state index contributed by atoms with van der Waals surface area (Å²) in [5, 5.41) is 11.6. The van der Waals surface area contributed by atoms with Gasteiger partial charge in [0, 0.05) is 0 Å². The van der Waals surface area contributed by atoms with Gasteiger partial charge in [-0.25, -0.2) is 0 Å². The number of nitrogens with one attached hydrogen (secondary N) is 1. The van der Waals surface area contributed by atoms with Crippen molar-refractivity contribution in [2.24, 2.45) is 5.92 Å². The Balaban J connectivity index is 3.98. The minimum Gasteiger partial charge on any atom is -0.394 e. The highest BCUT2D eigenvalue weighted by atomic mass is 79.9. The van der Waals surface area contributed by atoms with Gasteiger partial charge in [0.15, 0.2) is 0 Å². The average Bonchev–Trinajstić information content (AvgIpc) is 2.12. The van der Waals surface area contributed by atoms with Crippen molar-refractivity contribution in [2.45, 2.75) is 38.1 Å². The van der Waals surface area contributed by atoms with Crippen LogP contribution in [0.2, 0.25) is 0 Å². The first-order valence-corrected chi connectivity index (χ1v) is 5.49. The van der Waals surface area contributed by atoms with Gasteiger partial charge in [-0.15, -0.1) is 0 Å². The number of rotatable bonds is 5. The first-order chi connectivity index (χ1) is 6.02. The largest absolute Gasteiger partial charge is 0.394 e. The molecule has 0 rings (SSSR count). The highest BCUT2D eigenvalue weighted by Crippen LogP contribution is 2.12. The van der Waals surface area contributed by atoms with Crippen LogP contribution >= 0.6 is 15.9 Å². The van der Waals surface area contributed by atoms with Crippen LogP contribution in [0.15, 0.2) is 0 Å². The molecule has 0 spiro atoms. The van der Waals surface area contributed by atoms with Crippen LogP contribution in [-0.4, -0.2) is 28.5 Å². The molecule has 0 aromatic rings.